The number of esters is 1. The average molecular weight is 239 g/mol. The van der Waals surface area contributed by atoms with Crippen LogP contribution in [-0.2, 0) is 16.7 Å². The summed E-state index contributed by atoms with van der Waals surface area (Å²) in [6.45, 7) is 10.3. The molecular formula is C12H21N3O2. The van der Waals surface area contributed by atoms with E-state index in [2.05, 4.69) is 17.2 Å². The standard InChI is InChI=1S/C12H21N3O2/c1-6-8-9-10(11(16)17-7-2)13-14-15(9)12(3,4)5/h6-8H2,1-5H3. The summed E-state index contributed by atoms with van der Waals surface area (Å²) >= 11 is 0. The van der Waals surface area contributed by atoms with Crippen LogP contribution in [0.25, 0.3) is 0 Å². The van der Waals surface area contributed by atoms with Crippen molar-refractivity contribution in [3.05, 3.63) is 11.4 Å². The number of ether oxygens (including phenoxy) is 1. The third-order valence-electron chi connectivity index (χ3n) is 2.35. The number of hydrogen-bond acceptors (Lipinski definition) is 4. The van der Waals surface area contributed by atoms with Gasteiger partial charge < -0.3 is 4.74 Å². The van der Waals surface area contributed by atoms with Crippen molar-refractivity contribution in [2.24, 2.45) is 0 Å². The highest BCUT2D eigenvalue weighted by Crippen LogP contribution is 2.19. The van der Waals surface area contributed by atoms with Crippen LogP contribution in [0.15, 0.2) is 0 Å². The van der Waals surface area contributed by atoms with Crippen molar-refractivity contribution in [3.63, 3.8) is 0 Å². The Morgan fingerprint density at radius 1 is 1.35 bits per heavy atom. The molecule has 1 aromatic rings. The van der Waals surface area contributed by atoms with Crippen molar-refractivity contribution >= 4 is 5.97 Å². The lowest BCUT2D eigenvalue weighted by atomic mass is 10.1. The Morgan fingerprint density at radius 3 is 2.47 bits per heavy atom. The van der Waals surface area contributed by atoms with Gasteiger partial charge in [-0.05, 0) is 34.1 Å². The summed E-state index contributed by atoms with van der Waals surface area (Å²) in [6, 6.07) is 0. The highest BCUT2D eigenvalue weighted by molar-refractivity contribution is 5.88. The van der Waals surface area contributed by atoms with Crippen LogP contribution in [0, 0.1) is 0 Å². The minimum absolute atomic E-state index is 0.178. The van der Waals surface area contributed by atoms with E-state index >= 15 is 0 Å². The van der Waals surface area contributed by atoms with Gasteiger partial charge in [0.15, 0.2) is 5.69 Å². The van der Waals surface area contributed by atoms with Crippen LogP contribution < -0.4 is 0 Å². The van der Waals surface area contributed by atoms with Crippen LogP contribution in [0.3, 0.4) is 0 Å². The fraction of sp³-hybridized carbons (Fsp3) is 0.750. The van der Waals surface area contributed by atoms with Gasteiger partial charge in [-0.3, -0.25) is 0 Å². The molecule has 0 amide bonds. The molecule has 0 aliphatic carbocycles. The zero-order valence-corrected chi connectivity index (χ0v) is 11.3. The van der Waals surface area contributed by atoms with Crippen LogP contribution in [-0.4, -0.2) is 27.6 Å². The Bertz CT molecular complexity index is 391. The second-order valence-electron chi connectivity index (χ2n) is 4.94. The topological polar surface area (TPSA) is 57.0 Å². The number of aromatic nitrogens is 3. The third-order valence-corrected chi connectivity index (χ3v) is 2.35. The van der Waals surface area contributed by atoms with Crippen LogP contribution in [0.2, 0.25) is 0 Å². The number of hydrogen-bond donors (Lipinski definition) is 0. The molecule has 0 aromatic carbocycles. The molecule has 0 radical (unpaired) electrons. The molecule has 5 heteroatoms. The zero-order valence-electron chi connectivity index (χ0n) is 11.3. The van der Waals surface area contributed by atoms with E-state index < -0.39 is 0 Å². The average Bonchev–Trinajstić information content (AvgIpc) is 2.62. The predicted molar refractivity (Wildman–Crippen MR) is 65.0 cm³/mol. The Hall–Kier alpha value is -1.39. The molecular weight excluding hydrogens is 218 g/mol. The lowest BCUT2D eigenvalue weighted by Crippen LogP contribution is -2.26. The van der Waals surface area contributed by atoms with E-state index in [1.54, 1.807) is 6.92 Å². The van der Waals surface area contributed by atoms with Crippen molar-refractivity contribution in [2.45, 2.75) is 53.0 Å². The van der Waals surface area contributed by atoms with E-state index in [9.17, 15) is 4.79 Å². The Balaban J connectivity index is 3.15. The summed E-state index contributed by atoms with van der Waals surface area (Å²) in [5.74, 6) is -0.383. The van der Waals surface area contributed by atoms with Gasteiger partial charge in [-0.1, -0.05) is 18.6 Å². The van der Waals surface area contributed by atoms with E-state index in [1.165, 1.54) is 0 Å². The SMILES string of the molecule is CCCc1c(C(=O)OCC)nnn1C(C)(C)C. The molecule has 0 unspecified atom stereocenters. The van der Waals surface area contributed by atoms with Gasteiger partial charge in [-0.2, -0.15) is 0 Å². The first kappa shape index (κ1) is 13.7. The number of nitrogens with zero attached hydrogens (tertiary/aromatic N) is 3. The van der Waals surface area contributed by atoms with Crippen LogP contribution in [0.1, 0.15) is 57.2 Å². The number of rotatable bonds is 4. The lowest BCUT2D eigenvalue weighted by Gasteiger charge is -2.21. The Morgan fingerprint density at radius 2 is 2.00 bits per heavy atom. The largest absolute Gasteiger partial charge is 0.461 e. The van der Waals surface area contributed by atoms with Gasteiger partial charge in [-0.15, -0.1) is 5.10 Å². The fourth-order valence-corrected chi connectivity index (χ4v) is 1.66. The minimum Gasteiger partial charge on any atom is -0.461 e. The molecule has 5 nitrogen and oxygen atoms in total. The molecule has 0 saturated heterocycles. The smallest absolute Gasteiger partial charge is 0.360 e. The molecule has 0 saturated carbocycles. The van der Waals surface area contributed by atoms with Crippen LogP contribution in [0.4, 0.5) is 0 Å². The van der Waals surface area contributed by atoms with Gasteiger partial charge in [0.2, 0.25) is 0 Å². The summed E-state index contributed by atoms with van der Waals surface area (Å²) in [5.41, 5.74) is 1.03. The van der Waals surface area contributed by atoms with Gasteiger partial charge >= 0.3 is 5.97 Å². The summed E-state index contributed by atoms with van der Waals surface area (Å²) in [4.78, 5) is 11.7. The second-order valence-corrected chi connectivity index (χ2v) is 4.94. The highest BCUT2D eigenvalue weighted by atomic mass is 16.5. The monoisotopic (exact) mass is 239 g/mol. The van der Waals surface area contributed by atoms with Gasteiger partial charge in [0, 0.05) is 0 Å². The molecule has 17 heavy (non-hydrogen) atoms. The summed E-state index contributed by atoms with van der Waals surface area (Å²) in [7, 11) is 0. The molecule has 0 N–H and O–H groups in total. The van der Waals surface area contributed by atoms with E-state index in [0.717, 1.165) is 18.5 Å². The predicted octanol–water partition coefficient (Wildman–Crippen LogP) is 2.16. The summed E-state index contributed by atoms with van der Waals surface area (Å²) < 4.78 is 6.79. The summed E-state index contributed by atoms with van der Waals surface area (Å²) in [6.07, 6.45) is 1.72. The summed E-state index contributed by atoms with van der Waals surface area (Å²) in [5, 5.41) is 8.03. The molecule has 0 atom stereocenters. The third kappa shape index (κ3) is 3.05. The lowest BCUT2D eigenvalue weighted by molar-refractivity contribution is 0.0518. The Kier molecular flexibility index (Phi) is 4.26. The molecule has 0 fully saturated rings. The molecule has 0 aliphatic heterocycles. The zero-order chi connectivity index (χ0) is 13.1. The van der Waals surface area contributed by atoms with Gasteiger partial charge in [0.05, 0.1) is 17.8 Å². The molecule has 1 heterocycles. The minimum atomic E-state index is -0.383. The van der Waals surface area contributed by atoms with Crippen LogP contribution in [0.5, 0.6) is 0 Å². The van der Waals surface area contributed by atoms with E-state index in [0.29, 0.717) is 12.3 Å². The molecule has 0 bridgehead atoms. The second kappa shape index (κ2) is 5.29. The first-order chi connectivity index (χ1) is 7.91. The molecule has 1 aromatic heterocycles. The molecule has 96 valence electrons. The van der Waals surface area contributed by atoms with Gasteiger partial charge in [0.1, 0.15) is 0 Å². The van der Waals surface area contributed by atoms with Crippen molar-refractivity contribution < 1.29 is 9.53 Å². The van der Waals surface area contributed by atoms with Gasteiger partial charge in [-0.25, -0.2) is 9.48 Å². The first-order valence-electron chi connectivity index (χ1n) is 6.04. The van der Waals surface area contributed by atoms with E-state index in [4.69, 9.17) is 4.74 Å². The number of carbonyl (C=O) groups excluding carboxylic acids is 1. The van der Waals surface area contributed by atoms with Crippen molar-refractivity contribution in [1.82, 2.24) is 15.0 Å². The maximum Gasteiger partial charge on any atom is 0.360 e. The molecule has 0 aliphatic rings. The highest BCUT2D eigenvalue weighted by Gasteiger charge is 2.25. The van der Waals surface area contributed by atoms with Crippen molar-refractivity contribution in [2.75, 3.05) is 6.61 Å². The number of carbonyl (C=O) groups is 1. The van der Waals surface area contributed by atoms with Gasteiger partial charge in [0.25, 0.3) is 0 Å². The quantitative estimate of drug-likeness (QED) is 0.755. The first-order valence-corrected chi connectivity index (χ1v) is 6.04. The fourth-order valence-electron chi connectivity index (χ4n) is 1.66. The maximum absolute atomic E-state index is 11.7. The molecule has 0 spiro atoms. The Labute approximate surface area is 102 Å². The van der Waals surface area contributed by atoms with Crippen molar-refractivity contribution in [1.29, 1.82) is 0 Å². The van der Waals surface area contributed by atoms with Crippen molar-refractivity contribution in [3.8, 4) is 0 Å². The van der Waals surface area contributed by atoms with Crippen LogP contribution >= 0.6 is 0 Å². The normalized spacial score (nSPS) is 11.6. The van der Waals surface area contributed by atoms with E-state index in [1.807, 2.05) is 25.5 Å². The molecule has 1 rings (SSSR count). The maximum atomic E-state index is 11.7. The van der Waals surface area contributed by atoms with E-state index in [-0.39, 0.29) is 11.5 Å².